The average Bonchev–Trinajstić information content (AvgIpc) is 3.08. The zero-order chi connectivity index (χ0) is 27.4. The number of benzene rings is 4. The topological polar surface area (TPSA) is 81.8 Å². The van der Waals surface area contributed by atoms with Gasteiger partial charge in [0, 0.05) is 0 Å². The summed E-state index contributed by atoms with van der Waals surface area (Å²) in [6, 6.07) is 29.7. The molecule has 0 bridgehead atoms. The molecular formula is C32H33ClN4O3. The number of para-hydroxylation sites is 2. The molecule has 8 heteroatoms. The van der Waals surface area contributed by atoms with E-state index in [4.69, 9.17) is 0 Å². The van der Waals surface area contributed by atoms with Gasteiger partial charge in [-0.25, -0.2) is 0 Å². The van der Waals surface area contributed by atoms with Crippen LogP contribution in [-0.2, 0) is 27.3 Å². The Morgan fingerprint density at radius 2 is 1.52 bits per heavy atom. The molecule has 2 N–H and O–H groups in total. The van der Waals surface area contributed by atoms with Gasteiger partial charge < -0.3 is 20.4 Å². The normalized spacial score (nSPS) is 15.6. The fourth-order valence-electron chi connectivity index (χ4n) is 4.99. The summed E-state index contributed by atoms with van der Waals surface area (Å²) in [6.45, 7) is 2.07. The average molecular weight is 557 g/mol. The van der Waals surface area contributed by atoms with E-state index in [9.17, 15) is 14.4 Å². The maximum absolute atomic E-state index is 14.2. The Kier molecular flexibility index (Phi) is 9.19. The van der Waals surface area contributed by atoms with Crippen LogP contribution in [0, 0.1) is 0 Å². The number of amides is 3. The zero-order valence-electron chi connectivity index (χ0n) is 22.5. The zero-order valence-corrected chi connectivity index (χ0v) is 23.4. The van der Waals surface area contributed by atoms with Crippen LogP contribution in [0.3, 0.4) is 0 Å². The van der Waals surface area contributed by atoms with Crippen LogP contribution in [0.15, 0.2) is 97.1 Å². The van der Waals surface area contributed by atoms with E-state index in [1.54, 1.807) is 23.8 Å². The van der Waals surface area contributed by atoms with E-state index in [0.29, 0.717) is 17.9 Å². The fraction of sp³-hybridized carbons (Fsp3) is 0.219. The molecule has 0 radical (unpaired) electrons. The van der Waals surface area contributed by atoms with Gasteiger partial charge in [-0.05, 0) is 48.0 Å². The highest BCUT2D eigenvalue weighted by molar-refractivity contribution is 6.08. The predicted molar refractivity (Wildman–Crippen MR) is 162 cm³/mol. The molecule has 0 saturated carbocycles. The summed E-state index contributed by atoms with van der Waals surface area (Å²) >= 11 is 0. The summed E-state index contributed by atoms with van der Waals surface area (Å²) in [6.07, 6.45) is 0.181. The van der Waals surface area contributed by atoms with Gasteiger partial charge >= 0.3 is 0 Å². The van der Waals surface area contributed by atoms with Crippen molar-refractivity contribution in [1.29, 1.82) is 0 Å². The van der Waals surface area contributed by atoms with Crippen molar-refractivity contribution in [2.75, 3.05) is 23.4 Å². The second kappa shape index (κ2) is 12.8. The van der Waals surface area contributed by atoms with Crippen LogP contribution in [0.5, 0.6) is 0 Å². The number of hydrogen-bond acceptors (Lipinski definition) is 4. The molecule has 0 saturated heterocycles. The van der Waals surface area contributed by atoms with Gasteiger partial charge in [-0.1, -0.05) is 84.9 Å². The Hall–Kier alpha value is -4.20. The van der Waals surface area contributed by atoms with E-state index in [1.807, 2.05) is 97.1 Å². The molecule has 4 aromatic rings. The van der Waals surface area contributed by atoms with Crippen molar-refractivity contribution in [3.05, 3.63) is 108 Å². The Bertz CT molecular complexity index is 1510. The molecule has 40 heavy (non-hydrogen) atoms. The molecule has 0 fully saturated rings. The van der Waals surface area contributed by atoms with Crippen molar-refractivity contribution in [3.8, 4) is 0 Å². The maximum Gasteiger partial charge on any atom is 0.251 e. The minimum Gasteiger partial charge on any atom is -0.341 e. The summed E-state index contributed by atoms with van der Waals surface area (Å²) in [5.74, 6) is -0.709. The molecule has 7 nitrogen and oxygen atoms in total. The number of rotatable bonds is 7. The number of nitrogens with one attached hydrogen (secondary N) is 2. The Morgan fingerprint density at radius 1 is 0.875 bits per heavy atom. The van der Waals surface area contributed by atoms with Crippen molar-refractivity contribution in [2.45, 2.75) is 32.0 Å². The highest BCUT2D eigenvalue weighted by Gasteiger charge is 2.37. The summed E-state index contributed by atoms with van der Waals surface area (Å²) in [5, 5.41) is 7.96. The third-order valence-corrected chi connectivity index (χ3v) is 7.24. The molecular weight excluding hydrogens is 524 g/mol. The molecule has 5 rings (SSSR count). The van der Waals surface area contributed by atoms with Gasteiger partial charge in [-0.2, -0.15) is 0 Å². The number of halogens is 1. The van der Waals surface area contributed by atoms with E-state index in [1.165, 1.54) is 0 Å². The number of nitrogens with zero attached hydrogens (tertiary/aromatic N) is 2. The second-order valence-electron chi connectivity index (χ2n) is 9.79. The lowest BCUT2D eigenvalue weighted by atomic mass is 10.0. The third-order valence-electron chi connectivity index (χ3n) is 7.24. The molecule has 0 spiro atoms. The van der Waals surface area contributed by atoms with E-state index in [0.717, 1.165) is 21.9 Å². The molecule has 0 aromatic heterocycles. The van der Waals surface area contributed by atoms with Gasteiger partial charge in [0.05, 0.1) is 36.9 Å². The largest absolute Gasteiger partial charge is 0.341 e. The summed E-state index contributed by atoms with van der Waals surface area (Å²) in [5.41, 5.74) is 3.14. The smallest absolute Gasteiger partial charge is 0.251 e. The number of carbonyl (C=O) groups is 3. The number of fused-ring (bicyclic) bond motifs is 2. The molecule has 0 unspecified atom stereocenters. The molecule has 206 valence electrons. The highest BCUT2D eigenvalue weighted by atomic mass is 35.5. The first-order valence-corrected chi connectivity index (χ1v) is 13.1. The summed E-state index contributed by atoms with van der Waals surface area (Å²) < 4.78 is 0. The molecule has 2 atom stereocenters. The molecule has 4 aromatic carbocycles. The lowest BCUT2D eigenvalue weighted by molar-refractivity contribution is -0.128. The van der Waals surface area contributed by atoms with Gasteiger partial charge in [-0.15, -0.1) is 12.4 Å². The molecule has 1 aliphatic rings. The second-order valence-corrected chi connectivity index (χ2v) is 9.79. The number of hydrogen-bond donors (Lipinski definition) is 2. The Labute approximate surface area is 240 Å². The molecule has 1 aliphatic heterocycles. The van der Waals surface area contributed by atoms with Crippen LogP contribution in [-0.4, -0.2) is 43.4 Å². The van der Waals surface area contributed by atoms with Crippen LogP contribution in [0.4, 0.5) is 11.4 Å². The first-order valence-electron chi connectivity index (χ1n) is 13.1. The SMILES string of the molecule is CN[C@@H](C)C(=O)N[C@H]1CN(C(=O)Cc2ccccc2)c2ccccc2N(Cc2cccc3ccccc23)C1=O.Cl. The van der Waals surface area contributed by atoms with Crippen molar-refractivity contribution in [2.24, 2.45) is 0 Å². The molecule has 3 amide bonds. The molecule has 1 heterocycles. The van der Waals surface area contributed by atoms with Crippen molar-refractivity contribution in [1.82, 2.24) is 10.6 Å². The van der Waals surface area contributed by atoms with Gasteiger partial charge in [0.1, 0.15) is 6.04 Å². The van der Waals surface area contributed by atoms with E-state index in [-0.39, 0.29) is 43.1 Å². The lowest BCUT2D eigenvalue weighted by Gasteiger charge is -2.26. The predicted octanol–water partition coefficient (Wildman–Crippen LogP) is 4.48. The Morgan fingerprint density at radius 3 is 2.27 bits per heavy atom. The van der Waals surface area contributed by atoms with Crippen molar-refractivity contribution >= 4 is 52.3 Å². The maximum atomic E-state index is 14.2. The van der Waals surface area contributed by atoms with Crippen LogP contribution in [0.25, 0.3) is 10.8 Å². The molecule has 0 aliphatic carbocycles. The minimum absolute atomic E-state index is 0. The summed E-state index contributed by atoms with van der Waals surface area (Å²) in [7, 11) is 1.69. The van der Waals surface area contributed by atoms with Crippen molar-refractivity contribution in [3.63, 3.8) is 0 Å². The van der Waals surface area contributed by atoms with Crippen molar-refractivity contribution < 1.29 is 14.4 Å². The highest BCUT2D eigenvalue weighted by Crippen LogP contribution is 2.35. The van der Waals surface area contributed by atoms with E-state index < -0.39 is 12.1 Å². The van der Waals surface area contributed by atoms with Gasteiger partial charge in [0.15, 0.2) is 0 Å². The minimum atomic E-state index is -0.921. The quantitative estimate of drug-likeness (QED) is 0.352. The summed E-state index contributed by atoms with van der Waals surface area (Å²) in [4.78, 5) is 44.2. The van der Waals surface area contributed by atoms with Gasteiger partial charge in [0.25, 0.3) is 5.91 Å². The monoisotopic (exact) mass is 556 g/mol. The number of likely N-dealkylation sites (N-methyl/N-ethyl adjacent to an activating group) is 1. The van der Waals surface area contributed by atoms with E-state index in [2.05, 4.69) is 10.6 Å². The number of anilines is 2. The lowest BCUT2D eigenvalue weighted by Crippen LogP contribution is -2.55. The first kappa shape index (κ1) is 28.8. The Balaban J connectivity index is 0.00000370. The van der Waals surface area contributed by atoms with Gasteiger partial charge in [0.2, 0.25) is 11.8 Å². The van der Waals surface area contributed by atoms with Crippen LogP contribution in [0.1, 0.15) is 18.1 Å². The standard InChI is InChI=1S/C32H32N4O3.ClH/c1-22(33-2)31(38)34-27-21-35(30(37)19-23-11-4-3-5-12-23)28-17-8-9-18-29(28)36(32(27)39)20-25-15-10-14-24-13-6-7-16-26(24)25;/h3-18,22,27,33H,19-21H2,1-2H3,(H,34,38);1H/t22-,27-;/m0./s1. The van der Waals surface area contributed by atoms with Gasteiger partial charge in [-0.3, -0.25) is 14.4 Å². The third kappa shape index (κ3) is 6.01. The van der Waals surface area contributed by atoms with Crippen LogP contribution in [0.2, 0.25) is 0 Å². The fourth-order valence-corrected chi connectivity index (χ4v) is 4.99. The van der Waals surface area contributed by atoms with Crippen LogP contribution >= 0.6 is 12.4 Å². The van der Waals surface area contributed by atoms with Crippen LogP contribution < -0.4 is 20.4 Å². The number of carbonyl (C=O) groups excluding carboxylic acids is 3. The van der Waals surface area contributed by atoms with E-state index >= 15 is 0 Å². The first-order chi connectivity index (χ1) is 19.0.